The van der Waals surface area contributed by atoms with E-state index in [1.54, 1.807) is 30.3 Å². The van der Waals surface area contributed by atoms with Gasteiger partial charge in [-0.05, 0) is 24.6 Å². The Bertz CT molecular complexity index is 1160. The van der Waals surface area contributed by atoms with Crippen molar-refractivity contribution >= 4 is 17.4 Å². The highest BCUT2D eigenvalue weighted by Gasteiger charge is 2.47. The van der Waals surface area contributed by atoms with Gasteiger partial charge in [-0.2, -0.15) is 18.3 Å². The van der Waals surface area contributed by atoms with Crippen molar-refractivity contribution in [3.8, 4) is 11.5 Å². The summed E-state index contributed by atoms with van der Waals surface area (Å²) in [5.74, 6) is 0.246. The summed E-state index contributed by atoms with van der Waals surface area (Å²) in [6, 6.07) is 9.59. The molecule has 2 heterocycles. The van der Waals surface area contributed by atoms with Crippen LogP contribution in [0.1, 0.15) is 40.0 Å². The molecule has 10 heteroatoms. The molecule has 0 saturated heterocycles. The first-order valence-corrected chi connectivity index (χ1v) is 10.2. The third-order valence-corrected chi connectivity index (χ3v) is 5.62. The molecule has 0 spiro atoms. The summed E-state index contributed by atoms with van der Waals surface area (Å²) in [6.45, 7) is 1.90. The fraction of sp³-hybridized carbons (Fsp3) is 0.304. The first-order chi connectivity index (χ1) is 15.7. The van der Waals surface area contributed by atoms with Gasteiger partial charge in [0, 0.05) is 12.5 Å². The van der Waals surface area contributed by atoms with Crippen LogP contribution in [0.2, 0.25) is 0 Å². The summed E-state index contributed by atoms with van der Waals surface area (Å²) in [6.07, 6.45) is -3.64. The van der Waals surface area contributed by atoms with Crippen LogP contribution in [-0.4, -0.2) is 36.1 Å². The summed E-state index contributed by atoms with van der Waals surface area (Å²) >= 11 is 0. The van der Waals surface area contributed by atoms with Crippen molar-refractivity contribution in [1.29, 1.82) is 0 Å². The number of aryl methyl sites for hydroxylation is 1. The van der Waals surface area contributed by atoms with Gasteiger partial charge >= 0.3 is 6.18 Å². The highest BCUT2D eigenvalue weighted by molar-refractivity contribution is 6.08. The molecule has 1 aliphatic heterocycles. The van der Waals surface area contributed by atoms with Crippen LogP contribution in [0.3, 0.4) is 0 Å². The molecule has 1 aromatic heterocycles. The Morgan fingerprint density at radius 3 is 2.52 bits per heavy atom. The second-order valence-corrected chi connectivity index (χ2v) is 7.77. The molecule has 0 saturated carbocycles. The van der Waals surface area contributed by atoms with Crippen LogP contribution < -0.4 is 20.1 Å². The number of ether oxygens (including phenoxy) is 2. The first-order valence-electron chi connectivity index (χ1n) is 10.2. The van der Waals surface area contributed by atoms with E-state index in [1.165, 1.54) is 14.2 Å². The van der Waals surface area contributed by atoms with E-state index in [2.05, 4.69) is 15.7 Å². The van der Waals surface area contributed by atoms with E-state index >= 15 is 0 Å². The Labute approximate surface area is 188 Å². The highest BCUT2D eigenvalue weighted by atomic mass is 19.4. The number of fused-ring (bicyclic) bond motifs is 1. The second kappa shape index (κ2) is 8.68. The molecule has 174 valence electrons. The van der Waals surface area contributed by atoms with E-state index in [0.29, 0.717) is 22.7 Å². The lowest BCUT2D eigenvalue weighted by atomic mass is 9.96. The summed E-state index contributed by atoms with van der Waals surface area (Å²) in [7, 11) is 2.93. The minimum absolute atomic E-state index is 0.00788. The van der Waals surface area contributed by atoms with Crippen molar-refractivity contribution in [2.24, 2.45) is 0 Å². The maximum Gasteiger partial charge on any atom is 0.410 e. The van der Waals surface area contributed by atoms with Crippen LogP contribution in [0.5, 0.6) is 11.5 Å². The Morgan fingerprint density at radius 2 is 1.88 bits per heavy atom. The lowest BCUT2D eigenvalue weighted by Gasteiger charge is -2.34. The quantitative estimate of drug-likeness (QED) is 0.553. The first kappa shape index (κ1) is 22.5. The topological polar surface area (TPSA) is 77.4 Å². The number of alkyl halides is 3. The SMILES string of the molecule is COc1ccc(OC)c(NC(=O)c2cnn3c2N[C@H](c2ccc(C)cc2)C[C@H]3C(F)(F)F)c1. The number of amides is 1. The van der Waals surface area contributed by atoms with Crippen LogP contribution in [0.25, 0.3) is 0 Å². The number of nitrogens with one attached hydrogen (secondary N) is 2. The molecule has 0 unspecified atom stereocenters. The zero-order valence-corrected chi connectivity index (χ0v) is 18.2. The van der Waals surface area contributed by atoms with Crippen LogP contribution in [0.15, 0.2) is 48.7 Å². The second-order valence-electron chi connectivity index (χ2n) is 7.77. The molecule has 3 aromatic rings. The largest absolute Gasteiger partial charge is 0.497 e. The van der Waals surface area contributed by atoms with E-state index in [-0.39, 0.29) is 17.8 Å². The van der Waals surface area contributed by atoms with E-state index in [0.717, 1.165) is 16.4 Å². The van der Waals surface area contributed by atoms with Gasteiger partial charge in [0.25, 0.3) is 5.91 Å². The summed E-state index contributed by atoms with van der Waals surface area (Å²) < 4.78 is 53.0. The zero-order chi connectivity index (χ0) is 23.8. The Kier molecular flexibility index (Phi) is 5.92. The molecule has 0 aliphatic carbocycles. The van der Waals surface area contributed by atoms with Gasteiger partial charge in [0.1, 0.15) is 22.9 Å². The number of carbonyl (C=O) groups is 1. The molecule has 2 aromatic carbocycles. The monoisotopic (exact) mass is 460 g/mol. The Balaban J connectivity index is 1.69. The molecule has 0 bridgehead atoms. The molecule has 0 fully saturated rings. The normalized spacial score (nSPS) is 17.6. The van der Waals surface area contributed by atoms with Crippen molar-refractivity contribution in [1.82, 2.24) is 9.78 Å². The number of anilines is 2. The third kappa shape index (κ3) is 4.46. The predicted molar refractivity (Wildman–Crippen MR) is 117 cm³/mol. The van der Waals surface area contributed by atoms with Gasteiger partial charge < -0.3 is 20.1 Å². The highest BCUT2D eigenvalue weighted by Crippen LogP contribution is 2.44. The average Bonchev–Trinajstić information content (AvgIpc) is 3.22. The van der Waals surface area contributed by atoms with E-state index in [9.17, 15) is 18.0 Å². The number of hydrogen-bond donors (Lipinski definition) is 2. The van der Waals surface area contributed by atoms with Gasteiger partial charge in [-0.3, -0.25) is 4.79 Å². The predicted octanol–water partition coefficient (Wildman–Crippen LogP) is 5.12. The number of aromatic nitrogens is 2. The lowest BCUT2D eigenvalue weighted by Crippen LogP contribution is -2.36. The summed E-state index contributed by atoms with van der Waals surface area (Å²) in [5.41, 5.74) is 2.01. The average molecular weight is 460 g/mol. The number of carbonyl (C=O) groups excluding carboxylic acids is 1. The van der Waals surface area contributed by atoms with Crippen LogP contribution in [0.4, 0.5) is 24.7 Å². The molecular formula is C23H23F3N4O3. The van der Waals surface area contributed by atoms with Crippen molar-refractivity contribution in [3.05, 3.63) is 65.4 Å². The van der Waals surface area contributed by atoms with Crippen molar-refractivity contribution in [2.45, 2.75) is 31.6 Å². The van der Waals surface area contributed by atoms with Gasteiger partial charge in [-0.1, -0.05) is 29.8 Å². The fourth-order valence-electron chi connectivity index (χ4n) is 3.85. The van der Waals surface area contributed by atoms with Gasteiger partial charge in [0.15, 0.2) is 6.04 Å². The summed E-state index contributed by atoms with van der Waals surface area (Å²) in [4.78, 5) is 13.1. The number of nitrogens with zero attached hydrogens (tertiary/aromatic N) is 2. The van der Waals surface area contributed by atoms with Gasteiger partial charge in [-0.25, -0.2) is 4.68 Å². The molecule has 2 N–H and O–H groups in total. The smallest absolute Gasteiger partial charge is 0.410 e. The number of halogens is 3. The maximum absolute atomic E-state index is 13.9. The van der Waals surface area contributed by atoms with Crippen LogP contribution in [-0.2, 0) is 0 Å². The van der Waals surface area contributed by atoms with Crippen LogP contribution in [0, 0.1) is 6.92 Å². The maximum atomic E-state index is 13.9. The lowest BCUT2D eigenvalue weighted by molar-refractivity contribution is -0.173. The van der Waals surface area contributed by atoms with E-state index in [4.69, 9.17) is 9.47 Å². The number of hydrogen-bond acceptors (Lipinski definition) is 5. The molecule has 1 aliphatic rings. The third-order valence-electron chi connectivity index (χ3n) is 5.62. The molecule has 0 radical (unpaired) electrons. The van der Waals surface area contributed by atoms with Crippen molar-refractivity contribution < 1.29 is 27.4 Å². The van der Waals surface area contributed by atoms with E-state index < -0.39 is 24.2 Å². The molecule has 7 nitrogen and oxygen atoms in total. The van der Waals surface area contributed by atoms with E-state index in [1.807, 2.05) is 19.1 Å². The standard InChI is InChI=1S/C23H23F3N4O3/c1-13-4-6-14(7-5-13)17-11-20(23(24,25)26)30-21(28-17)16(12-27-30)22(31)29-18-10-15(32-2)8-9-19(18)33-3/h4-10,12,17,20,28H,11H2,1-3H3,(H,29,31)/t17-,20-/m0/s1. The number of benzene rings is 2. The minimum atomic E-state index is -4.53. The van der Waals surface area contributed by atoms with Gasteiger partial charge in [0.2, 0.25) is 0 Å². The van der Waals surface area contributed by atoms with Gasteiger partial charge in [-0.15, -0.1) is 0 Å². The fourth-order valence-corrected chi connectivity index (χ4v) is 3.85. The Morgan fingerprint density at radius 1 is 1.15 bits per heavy atom. The van der Waals surface area contributed by atoms with Crippen molar-refractivity contribution in [3.63, 3.8) is 0 Å². The molecule has 1 amide bonds. The molecule has 2 atom stereocenters. The zero-order valence-electron chi connectivity index (χ0n) is 18.2. The number of methoxy groups -OCH3 is 2. The molecule has 4 rings (SSSR count). The summed E-state index contributed by atoms with van der Waals surface area (Å²) in [5, 5.41) is 9.67. The van der Waals surface area contributed by atoms with Crippen LogP contribution >= 0.6 is 0 Å². The van der Waals surface area contributed by atoms with Gasteiger partial charge in [0.05, 0.1) is 32.1 Å². The molecular weight excluding hydrogens is 437 g/mol. The minimum Gasteiger partial charge on any atom is -0.497 e. The van der Waals surface area contributed by atoms with Crippen molar-refractivity contribution in [2.75, 3.05) is 24.9 Å². The Hall–Kier alpha value is -3.69. The number of rotatable bonds is 5. The molecule has 33 heavy (non-hydrogen) atoms.